The average Bonchev–Trinajstić information content (AvgIpc) is 2.94. The highest BCUT2D eigenvalue weighted by molar-refractivity contribution is 5.74. The third-order valence-corrected chi connectivity index (χ3v) is 4.94. The van der Waals surface area contributed by atoms with E-state index in [1.807, 2.05) is 6.92 Å². The minimum absolute atomic E-state index is 0.0172. The standard InChI is InChI=1S/C16H30N2O3/c1-2-21-11-9-16(7-3-4-8-16)13-17-15(20)18-10-5-6-14(19)12-18/h14,19H,2-13H2,1H3,(H,17,20). The number of nitrogens with one attached hydrogen (secondary N) is 1. The van der Waals surface area contributed by atoms with E-state index < -0.39 is 0 Å². The zero-order valence-electron chi connectivity index (χ0n) is 13.3. The topological polar surface area (TPSA) is 61.8 Å². The molecule has 0 aromatic rings. The number of rotatable bonds is 6. The Bertz CT molecular complexity index is 329. The SMILES string of the molecule is CCOCCC1(CNC(=O)N2CCCC(O)C2)CCCC1. The van der Waals surface area contributed by atoms with Gasteiger partial charge in [-0.25, -0.2) is 4.79 Å². The molecule has 2 rings (SSSR count). The third-order valence-electron chi connectivity index (χ3n) is 4.94. The Morgan fingerprint density at radius 3 is 2.81 bits per heavy atom. The molecule has 0 spiro atoms. The monoisotopic (exact) mass is 298 g/mol. The second kappa shape index (κ2) is 7.99. The number of carbonyl (C=O) groups excluding carboxylic acids is 1. The summed E-state index contributed by atoms with van der Waals surface area (Å²) in [6, 6.07) is -0.0172. The van der Waals surface area contributed by atoms with Gasteiger partial charge in [0.2, 0.25) is 0 Å². The molecule has 2 N–H and O–H groups in total. The van der Waals surface area contributed by atoms with Crippen molar-refractivity contribution in [3.63, 3.8) is 0 Å². The van der Waals surface area contributed by atoms with Crippen LogP contribution in [0.4, 0.5) is 4.79 Å². The molecule has 1 saturated heterocycles. The molecule has 1 aliphatic heterocycles. The number of aliphatic hydroxyl groups excluding tert-OH is 1. The number of urea groups is 1. The summed E-state index contributed by atoms with van der Waals surface area (Å²) in [5.41, 5.74) is 0.221. The molecule has 122 valence electrons. The van der Waals surface area contributed by atoms with Crippen LogP contribution in [-0.4, -0.2) is 55.0 Å². The zero-order chi connectivity index (χ0) is 15.1. The predicted molar refractivity (Wildman–Crippen MR) is 82.2 cm³/mol. The van der Waals surface area contributed by atoms with E-state index in [2.05, 4.69) is 5.32 Å². The van der Waals surface area contributed by atoms with Crippen LogP contribution in [0.2, 0.25) is 0 Å². The number of amides is 2. The summed E-state index contributed by atoms with van der Waals surface area (Å²) < 4.78 is 5.50. The van der Waals surface area contributed by atoms with Gasteiger partial charge in [0, 0.05) is 32.8 Å². The van der Waals surface area contributed by atoms with Crippen molar-refractivity contribution < 1.29 is 14.6 Å². The Balaban J connectivity index is 1.79. The number of likely N-dealkylation sites (tertiary alicyclic amines) is 1. The predicted octanol–water partition coefficient (Wildman–Crippen LogP) is 2.14. The second-order valence-corrected chi connectivity index (χ2v) is 6.55. The van der Waals surface area contributed by atoms with Crippen molar-refractivity contribution in [3.8, 4) is 0 Å². The maximum absolute atomic E-state index is 12.2. The van der Waals surface area contributed by atoms with Crippen molar-refractivity contribution in [2.45, 2.75) is 58.0 Å². The van der Waals surface area contributed by atoms with E-state index in [1.165, 1.54) is 25.7 Å². The summed E-state index contributed by atoms with van der Waals surface area (Å²) in [6.07, 6.45) is 7.25. The molecular formula is C16H30N2O3. The van der Waals surface area contributed by atoms with Crippen molar-refractivity contribution in [2.75, 3.05) is 32.8 Å². The fraction of sp³-hybridized carbons (Fsp3) is 0.938. The van der Waals surface area contributed by atoms with Gasteiger partial charge in [-0.3, -0.25) is 0 Å². The number of aliphatic hydroxyl groups is 1. The Morgan fingerprint density at radius 1 is 1.38 bits per heavy atom. The highest BCUT2D eigenvalue weighted by Gasteiger charge is 2.34. The van der Waals surface area contributed by atoms with Crippen molar-refractivity contribution in [1.82, 2.24) is 10.2 Å². The Labute approximate surface area is 128 Å². The van der Waals surface area contributed by atoms with Crippen LogP contribution in [0.15, 0.2) is 0 Å². The number of hydrogen-bond acceptors (Lipinski definition) is 3. The summed E-state index contributed by atoms with van der Waals surface area (Å²) in [6.45, 7) is 5.53. The van der Waals surface area contributed by atoms with E-state index in [1.54, 1.807) is 4.90 Å². The molecule has 0 radical (unpaired) electrons. The third kappa shape index (κ3) is 4.85. The summed E-state index contributed by atoms with van der Waals surface area (Å²) in [5, 5.41) is 12.8. The maximum Gasteiger partial charge on any atom is 0.317 e. The first-order valence-corrected chi connectivity index (χ1v) is 8.44. The first-order valence-electron chi connectivity index (χ1n) is 8.44. The molecule has 5 nitrogen and oxygen atoms in total. The lowest BCUT2D eigenvalue weighted by Crippen LogP contribution is -2.49. The Hall–Kier alpha value is -0.810. The van der Waals surface area contributed by atoms with Gasteiger partial charge in [0.15, 0.2) is 0 Å². The van der Waals surface area contributed by atoms with Crippen LogP contribution in [0.25, 0.3) is 0 Å². The van der Waals surface area contributed by atoms with Gasteiger partial charge in [0.05, 0.1) is 6.10 Å². The minimum Gasteiger partial charge on any atom is -0.391 e. The molecule has 1 unspecified atom stereocenters. The molecule has 2 amide bonds. The summed E-state index contributed by atoms with van der Waals surface area (Å²) in [5.74, 6) is 0. The van der Waals surface area contributed by atoms with Crippen molar-refractivity contribution in [2.24, 2.45) is 5.41 Å². The van der Waals surface area contributed by atoms with Crippen LogP contribution < -0.4 is 5.32 Å². The molecular weight excluding hydrogens is 268 g/mol. The van der Waals surface area contributed by atoms with E-state index >= 15 is 0 Å². The number of carbonyl (C=O) groups is 1. The molecule has 0 aromatic carbocycles. The molecule has 0 aromatic heterocycles. The van der Waals surface area contributed by atoms with Gasteiger partial charge in [0.1, 0.15) is 0 Å². The van der Waals surface area contributed by atoms with Gasteiger partial charge in [-0.15, -0.1) is 0 Å². The fourth-order valence-corrected chi connectivity index (χ4v) is 3.59. The van der Waals surface area contributed by atoms with Crippen LogP contribution >= 0.6 is 0 Å². The minimum atomic E-state index is -0.358. The summed E-state index contributed by atoms with van der Waals surface area (Å²) in [7, 11) is 0. The molecule has 2 aliphatic rings. The Morgan fingerprint density at radius 2 is 2.14 bits per heavy atom. The fourth-order valence-electron chi connectivity index (χ4n) is 3.59. The lowest BCUT2D eigenvalue weighted by atomic mass is 9.83. The molecule has 5 heteroatoms. The van der Waals surface area contributed by atoms with E-state index in [9.17, 15) is 9.90 Å². The highest BCUT2D eigenvalue weighted by Crippen LogP contribution is 2.40. The van der Waals surface area contributed by atoms with Crippen LogP contribution in [-0.2, 0) is 4.74 Å². The van der Waals surface area contributed by atoms with Crippen LogP contribution in [0.3, 0.4) is 0 Å². The molecule has 1 aliphatic carbocycles. The second-order valence-electron chi connectivity index (χ2n) is 6.55. The number of nitrogens with zero attached hydrogens (tertiary/aromatic N) is 1. The number of β-amino-alcohol motifs (C(OH)–C–C–N with tert-alkyl or cyclic N) is 1. The molecule has 0 bridgehead atoms. The van der Waals surface area contributed by atoms with Crippen molar-refractivity contribution in [3.05, 3.63) is 0 Å². The molecule has 21 heavy (non-hydrogen) atoms. The van der Waals surface area contributed by atoms with Gasteiger partial charge in [-0.05, 0) is 44.4 Å². The lowest BCUT2D eigenvalue weighted by molar-refractivity contribution is 0.0801. The van der Waals surface area contributed by atoms with Gasteiger partial charge in [-0.1, -0.05) is 12.8 Å². The molecule has 1 heterocycles. The van der Waals surface area contributed by atoms with Crippen LogP contribution in [0.5, 0.6) is 0 Å². The molecule has 2 fully saturated rings. The molecule has 1 saturated carbocycles. The number of hydrogen-bond donors (Lipinski definition) is 2. The Kier molecular flexibility index (Phi) is 6.30. The first kappa shape index (κ1) is 16.6. The zero-order valence-corrected chi connectivity index (χ0v) is 13.3. The molecule has 1 atom stereocenters. The van der Waals surface area contributed by atoms with Gasteiger partial charge >= 0.3 is 6.03 Å². The lowest BCUT2D eigenvalue weighted by Gasteiger charge is -2.33. The summed E-state index contributed by atoms with van der Waals surface area (Å²) >= 11 is 0. The van der Waals surface area contributed by atoms with Gasteiger partial charge < -0.3 is 20.1 Å². The van der Waals surface area contributed by atoms with Crippen LogP contribution in [0, 0.1) is 5.41 Å². The van der Waals surface area contributed by atoms with Gasteiger partial charge in [0.25, 0.3) is 0 Å². The quantitative estimate of drug-likeness (QED) is 0.739. The number of ether oxygens (including phenoxy) is 1. The smallest absolute Gasteiger partial charge is 0.317 e. The van der Waals surface area contributed by atoms with Crippen molar-refractivity contribution in [1.29, 1.82) is 0 Å². The average molecular weight is 298 g/mol. The van der Waals surface area contributed by atoms with E-state index in [4.69, 9.17) is 4.74 Å². The van der Waals surface area contributed by atoms with Gasteiger partial charge in [-0.2, -0.15) is 0 Å². The normalized spacial score (nSPS) is 25.0. The van der Waals surface area contributed by atoms with Crippen molar-refractivity contribution >= 4 is 6.03 Å². The largest absolute Gasteiger partial charge is 0.391 e. The number of piperidine rings is 1. The highest BCUT2D eigenvalue weighted by atomic mass is 16.5. The van der Waals surface area contributed by atoms with E-state index in [0.717, 1.165) is 45.6 Å². The maximum atomic E-state index is 12.2. The summed E-state index contributed by atoms with van der Waals surface area (Å²) in [4.78, 5) is 14.0. The first-order chi connectivity index (χ1) is 10.2. The van der Waals surface area contributed by atoms with E-state index in [-0.39, 0.29) is 17.6 Å². The van der Waals surface area contributed by atoms with Crippen LogP contribution in [0.1, 0.15) is 51.9 Å². The van der Waals surface area contributed by atoms with E-state index in [0.29, 0.717) is 6.54 Å².